The van der Waals surface area contributed by atoms with E-state index in [2.05, 4.69) is 10.1 Å². The van der Waals surface area contributed by atoms with Gasteiger partial charge in [0, 0.05) is 17.8 Å². The molecule has 1 aliphatic rings. The number of rotatable bonds is 5. The summed E-state index contributed by atoms with van der Waals surface area (Å²) in [5.41, 5.74) is 0. The van der Waals surface area contributed by atoms with Crippen LogP contribution in [0.4, 0.5) is 0 Å². The molecule has 3 rings (SSSR count). The monoisotopic (exact) mass is 307 g/mol. The van der Waals surface area contributed by atoms with E-state index in [4.69, 9.17) is 9.63 Å². The molecule has 0 aliphatic carbocycles. The normalized spacial score (nSPS) is 18.4. The summed E-state index contributed by atoms with van der Waals surface area (Å²) in [7, 11) is 0. The van der Waals surface area contributed by atoms with Crippen molar-refractivity contribution in [3.05, 3.63) is 34.1 Å². The number of aliphatic carboxylic acids is 1. The summed E-state index contributed by atoms with van der Waals surface area (Å²) in [4.78, 5) is 29.5. The minimum absolute atomic E-state index is 0.0369. The Labute approximate surface area is 124 Å². The van der Waals surface area contributed by atoms with Gasteiger partial charge >= 0.3 is 5.97 Å². The van der Waals surface area contributed by atoms with Crippen LogP contribution in [-0.4, -0.2) is 38.6 Å². The van der Waals surface area contributed by atoms with E-state index in [1.165, 1.54) is 4.90 Å². The topological polar surface area (TPSA) is 96.5 Å². The summed E-state index contributed by atoms with van der Waals surface area (Å²) in [6, 6.07) is 3.93. The maximum absolute atomic E-state index is 11.7. The number of likely N-dealkylation sites (tertiary alicyclic amines) is 1. The van der Waals surface area contributed by atoms with Crippen LogP contribution in [0.3, 0.4) is 0 Å². The van der Waals surface area contributed by atoms with Gasteiger partial charge in [0.2, 0.25) is 11.8 Å². The van der Waals surface area contributed by atoms with Crippen molar-refractivity contribution in [3.63, 3.8) is 0 Å². The molecule has 110 valence electrons. The van der Waals surface area contributed by atoms with Gasteiger partial charge in [0.15, 0.2) is 5.82 Å². The third-order valence-corrected chi connectivity index (χ3v) is 4.19. The Bertz CT molecular complexity index is 652. The van der Waals surface area contributed by atoms with Gasteiger partial charge in [0.1, 0.15) is 0 Å². The Morgan fingerprint density at radius 3 is 3.10 bits per heavy atom. The van der Waals surface area contributed by atoms with Crippen molar-refractivity contribution in [2.24, 2.45) is 5.92 Å². The van der Waals surface area contributed by atoms with Crippen molar-refractivity contribution in [3.8, 4) is 0 Å². The van der Waals surface area contributed by atoms with Gasteiger partial charge in [0.25, 0.3) is 0 Å². The van der Waals surface area contributed by atoms with Crippen LogP contribution in [-0.2, 0) is 22.6 Å². The Morgan fingerprint density at radius 2 is 2.43 bits per heavy atom. The summed E-state index contributed by atoms with van der Waals surface area (Å²) in [5.74, 6) is -0.880. The van der Waals surface area contributed by atoms with Crippen molar-refractivity contribution in [2.75, 3.05) is 6.54 Å². The first-order valence-electron chi connectivity index (χ1n) is 6.46. The van der Waals surface area contributed by atoms with Gasteiger partial charge in [-0.2, -0.15) is 4.98 Å². The first kappa shape index (κ1) is 13.7. The fourth-order valence-electron chi connectivity index (χ4n) is 2.25. The number of hydrogen-bond acceptors (Lipinski definition) is 6. The first-order valence-corrected chi connectivity index (χ1v) is 7.34. The second kappa shape index (κ2) is 5.65. The molecule has 0 aromatic carbocycles. The molecule has 0 saturated carbocycles. The standard InChI is InChI=1S/C13H13N3O4S/c17-12-4-8(13(18)19)6-16(12)7-10-14-11(20-15-10)5-9-2-1-3-21-9/h1-3,8H,4-7H2,(H,18,19)/t8-/m1/s1. The smallest absolute Gasteiger partial charge is 0.308 e. The highest BCUT2D eigenvalue weighted by molar-refractivity contribution is 7.09. The number of aromatic nitrogens is 2. The molecule has 1 atom stereocenters. The van der Waals surface area contributed by atoms with Crippen molar-refractivity contribution >= 4 is 23.2 Å². The van der Waals surface area contributed by atoms with E-state index in [9.17, 15) is 9.59 Å². The number of carboxylic acid groups (broad SMARTS) is 1. The molecule has 1 aliphatic heterocycles. The number of hydrogen-bond donors (Lipinski definition) is 1. The van der Waals surface area contributed by atoms with Crippen LogP contribution in [0.5, 0.6) is 0 Å². The maximum Gasteiger partial charge on any atom is 0.308 e. The number of carboxylic acids is 1. The number of amides is 1. The molecule has 0 radical (unpaired) electrons. The van der Waals surface area contributed by atoms with Crippen LogP contribution < -0.4 is 0 Å². The zero-order valence-electron chi connectivity index (χ0n) is 11.1. The van der Waals surface area contributed by atoms with Gasteiger partial charge in [-0.15, -0.1) is 11.3 Å². The molecule has 2 aromatic heterocycles. The van der Waals surface area contributed by atoms with Crippen LogP contribution in [0, 0.1) is 5.92 Å². The quantitative estimate of drug-likeness (QED) is 0.890. The highest BCUT2D eigenvalue weighted by atomic mass is 32.1. The number of carbonyl (C=O) groups excluding carboxylic acids is 1. The average molecular weight is 307 g/mol. The van der Waals surface area contributed by atoms with E-state index in [1.54, 1.807) is 11.3 Å². The van der Waals surface area contributed by atoms with Crippen molar-refractivity contribution in [1.29, 1.82) is 0 Å². The lowest BCUT2D eigenvalue weighted by molar-refractivity contribution is -0.141. The van der Waals surface area contributed by atoms with Gasteiger partial charge in [-0.1, -0.05) is 11.2 Å². The van der Waals surface area contributed by atoms with Gasteiger partial charge in [-0.05, 0) is 11.4 Å². The van der Waals surface area contributed by atoms with E-state index in [0.717, 1.165) is 4.88 Å². The van der Waals surface area contributed by atoms with E-state index in [1.807, 2.05) is 17.5 Å². The maximum atomic E-state index is 11.7. The van der Waals surface area contributed by atoms with Gasteiger partial charge in [-0.25, -0.2) is 0 Å². The Balaban J connectivity index is 1.62. The molecule has 0 bridgehead atoms. The minimum atomic E-state index is -0.947. The lowest BCUT2D eigenvalue weighted by atomic mass is 10.1. The second-order valence-corrected chi connectivity index (χ2v) is 5.91. The van der Waals surface area contributed by atoms with Gasteiger partial charge < -0.3 is 14.5 Å². The van der Waals surface area contributed by atoms with Gasteiger partial charge in [-0.3, -0.25) is 9.59 Å². The van der Waals surface area contributed by atoms with E-state index >= 15 is 0 Å². The summed E-state index contributed by atoms with van der Waals surface area (Å²) in [6.07, 6.45) is 0.603. The minimum Gasteiger partial charge on any atom is -0.481 e. The largest absolute Gasteiger partial charge is 0.481 e. The summed E-state index contributed by atoms with van der Waals surface area (Å²) >= 11 is 1.61. The van der Waals surface area contributed by atoms with Crippen LogP contribution in [0.2, 0.25) is 0 Å². The highest BCUT2D eigenvalue weighted by Gasteiger charge is 2.34. The Hall–Kier alpha value is -2.22. The highest BCUT2D eigenvalue weighted by Crippen LogP contribution is 2.20. The number of carbonyl (C=O) groups is 2. The average Bonchev–Trinajstić information content (AvgIpc) is 3.14. The van der Waals surface area contributed by atoms with Crippen LogP contribution in [0.25, 0.3) is 0 Å². The fourth-order valence-corrected chi connectivity index (χ4v) is 2.95. The van der Waals surface area contributed by atoms with Gasteiger partial charge in [0.05, 0.1) is 18.9 Å². The van der Waals surface area contributed by atoms with Crippen molar-refractivity contribution in [2.45, 2.75) is 19.4 Å². The van der Waals surface area contributed by atoms with Crippen molar-refractivity contribution in [1.82, 2.24) is 15.0 Å². The zero-order chi connectivity index (χ0) is 14.8. The molecule has 0 spiro atoms. The molecule has 3 heterocycles. The van der Waals surface area contributed by atoms with E-state index in [0.29, 0.717) is 18.1 Å². The van der Waals surface area contributed by atoms with E-state index < -0.39 is 11.9 Å². The molecule has 21 heavy (non-hydrogen) atoms. The molecular formula is C13H13N3O4S. The molecule has 1 amide bonds. The first-order chi connectivity index (χ1) is 10.1. The summed E-state index contributed by atoms with van der Waals surface area (Å²) < 4.78 is 5.15. The molecule has 0 unspecified atom stereocenters. The summed E-state index contributed by atoms with van der Waals surface area (Å²) in [5, 5.41) is 14.8. The van der Waals surface area contributed by atoms with Crippen LogP contribution in [0.15, 0.2) is 22.0 Å². The molecule has 8 heteroatoms. The Kier molecular flexibility index (Phi) is 3.70. The SMILES string of the molecule is O=C(O)[C@@H]1CC(=O)N(Cc2noc(Cc3cccs3)n2)C1. The van der Waals surface area contributed by atoms with Crippen LogP contribution >= 0.6 is 11.3 Å². The van der Waals surface area contributed by atoms with E-state index in [-0.39, 0.29) is 25.4 Å². The zero-order valence-corrected chi connectivity index (χ0v) is 11.9. The lowest BCUT2D eigenvalue weighted by Crippen LogP contribution is -2.26. The molecule has 1 N–H and O–H groups in total. The third-order valence-electron chi connectivity index (χ3n) is 3.31. The number of nitrogens with zero attached hydrogens (tertiary/aromatic N) is 3. The third kappa shape index (κ3) is 3.10. The fraction of sp³-hybridized carbons (Fsp3) is 0.385. The molecular weight excluding hydrogens is 294 g/mol. The summed E-state index contributed by atoms with van der Waals surface area (Å²) in [6.45, 7) is 0.388. The predicted molar refractivity (Wildman–Crippen MR) is 72.6 cm³/mol. The van der Waals surface area contributed by atoms with Crippen molar-refractivity contribution < 1.29 is 19.2 Å². The molecule has 7 nitrogen and oxygen atoms in total. The predicted octanol–water partition coefficient (Wildman–Crippen LogP) is 1.16. The Morgan fingerprint density at radius 1 is 1.57 bits per heavy atom. The number of thiophene rings is 1. The second-order valence-electron chi connectivity index (χ2n) is 4.87. The molecule has 1 fully saturated rings. The molecule has 1 saturated heterocycles. The molecule has 2 aromatic rings. The lowest BCUT2D eigenvalue weighted by Gasteiger charge is -2.12. The van der Waals surface area contributed by atoms with Crippen LogP contribution in [0.1, 0.15) is 23.0 Å².